The molecule has 7 nitrogen and oxygen atoms in total. The Labute approximate surface area is 179 Å². The van der Waals surface area contributed by atoms with Crippen LogP contribution >= 0.6 is 0 Å². The van der Waals surface area contributed by atoms with Crippen LogP contribution in [0.4, 0.5) is 5.82 Å². The number of benzene rings is 1. The third-order valence-electron chi connectivity index (χ3n) is 4.94. The lowest BCUT2D eigenvalue weighted by Crippen LogP contribution is -2.42. The van der Waals surface area contributed by atoms with E-state index in [4.69, 9.17) is 9.47 Å². The van der Waals surface area contributed by atoms with E-state index in [9.17, 15) is 0 Å². The fourth-order valence-corrected chi connectivity index (χ4v) is 3.34. The number of ether oxygens (including phenoxy) is 2. The van der Waals surface area contributed by atoms with Crippen molar-refractivity contribution >= 4 is 11.8 Å². The maximum absolute atomic E-state index is 5.96. The molecule has 2 atom stereocenters. The molecule has 1 fully saturated rings. The number of morpholine rings is 1. The molecule has 0 radical (unpaired) electrons. The van der Waals surface area contributed by atoms with Gasteiger partial charge in [0.2, 0.25) is 0 Å². The molecular weight excluding hydrogens is 378 g/mol. The van der Waals surface area contributed by atoms with Gasteiger partial charge in [-0.05, 0) is 50.1 Å². The number of aliphatic imine (C=N–C) groups is 1. The molecule has 1 aromatic heterocycles. The number of guanidine groups is 1. The molecule has 7 heteroatoms. The zero-order valence-electron chi connectivity index (χ0n) is 18.4. The minimum absolute atomic E-state index is 0.0159. The monoisotopic (exact) mass is 411 g/mol. The van der Waals surface area contributed by atoms with Gasteiger partial charge in [0.15, 0.2) is 5.96 Å². The third-order valence-corrected chi connectivity index (χ3v) is 4.94. The number of aromatic nitrogens is 1. The molecule has 2 unspecified atom stereocenters. The number of aryl methyl sites for hydroxylation is 1. The quantitative estimate of drug-likeness (QED) is 0.539. The van der Waals surface area contributed by atoms with E-state index in [0.717, 1.165) is 42.8 Å². The summed E-state index contributed by atoms with van der Waals surface area (Å²) in [6.07, 6.45) is 2.18. The van der Waals surface area contributed by atoms with Crippen LogP contribution in [0.25, 0.3) is 0 Å². The summed E-state index contributed by atoms with van der Waals surface area (Å²) in [7, 11) is 1.77. The highest BCUT2D eigenvalue weighted by atomic mass is 16.5. The Bertz CT molecular complexity index is 825. The van der Waals surface area contributed by atoms with Gasteiger partial charge >= 0.3 is 0 Å². The first-order valence-corrected chi connectivity index (χ1v) is 10.5. The fourth-order valence-electron chi connectivity index (χ4n) is 3.34. The maximum atomic E-state index is 5.96. The van der Waals surface area contributed by atoms with Crippen LogP contribution in [0.5, 0.6) is 5.75 Å². The number of anilines is 1. The van der Waals surface area contributed by atoms with E-state index >= 15 is 0 Å². The average molecular weight is 412 g/mol. The Balaban J connectivity index is 1.43. The van der Waals surface area contributed by atoms with Gasteiger partial charge in [0, 0.05) is 32.9 Å². The minimum atomic E-state index is 0.0159. The van der Waals surface area contributed by atoms with E-state index in [-0.39, 0.29) is 12.2 Å². The van der Waals surface area contributed by atoms with Crippen LogP contribution < -0.4 is 20.3 Å². The number of hydrogen-bond acceptors (Lipinski definition) is 5. The molecule has 2 aromatic rings. The van der Waals surface area contributed by atoms with Crippen molar-refractivity contribution in [2.24, 2.45) is 4.99 Å². The van der Waals surface area contributed by atoms with E-state index in [1.807, 2.05) is 31.3 Å². The van der Waals surface area contributed by atoms with Crippen molar-refractivity contribution < 1.29 is 9.47 Å². The van der Waals surface area contributed by atoms with Gasteiger partial charge in [-0.15, -0.1) is 0 Å². The molecule has 1 aromatic carbocycles. The Hall–Kier alpha value is -2.80. The van der Waals surface area contributed by atoms with Gasteiger partial charge < -0.3 is 25.0 Å². The first kappa shape index (κ1) is 21.9. The lowest BCUT2D eigenvalue weighted by atomic mass is 10.2. The normalized spacial score (nSPS) is 18.1. The standard InChI is InChI=1S/C23H33N5O2/c1-17-6-5-7-21(12-17)30-18(2)13-26-23(24-4)27-15-20-8-9-22(25-14-20)28-10-11-29-19(3)16-28/h5-9,12,14,18-19H,10-11,13,15-16H2,1-4H3,(H2,24,26,27). The fraction of sp³-hybridized carbons (Fsp3) is 0.478. The highest BCUT2D eigenvalue weighted by Gasteiger charge is 2.17. The predicted octanol–water partition coefficient (Wildman–Crippen LogP) is 2.75. The zero-order chi connectivity index (χ0) is 21.3. The molecule has 0 spiro atoms. The van der Waals surface area contributed by atoms with Crippen LogP contribution in [-0.2, 0) is 11.3 Å². The molecule has 0 bridgehead atoms. The van der Waals surface area contributed by atoms with Crippen molar-refractivity contribution in [3.05, 3.63) is 53.7 Å². The lowest BCUT2D eigenvalue weighted by molar-refractivity contribution is 0.0529. The van der Waals surface area contributed by atoms with Crippen LogP contribution in [0.2, 0.25) is 0 Å². The van der Waals surface area contributed by atoms with Crippen LogP contribution in [0.15, 0.2) is 47.6 Å². The summed E-state index contributed by atoms with van der Waals surface area (Å²) in [5.41, 5.74) is 2.29. The third kappa shape index (κ3) is 6.62. The maximum Gasteiger partial charge on any atom is 0.191 e. The summed E-state index contributed by atoms with van der Waals surface area (Å²) in [5.74, 6) is 2.62. The van der Waals surface area contributed by atoms with Gasteiger partial charge in [-0.25, -0.2) is 4.98 Å². The van der Waals surface area contributed by atoms with Crippen molar-refractivity contribution in [3.63, 3.8) is 0 Å². The number of pyridine rings is 1. The molecule has 0 aliphatic carbocycles. The zero-order valence-corrected chi connectivity index (χ0v) is 18.4. The number of nitrogens with zero attached hydrogens (tertiary/aromatic N) is 3. The van der Waals surface area contributed by atoms with E-state index in [1.54, 1.807) is 7.05 Å². The van der Waals surface area contributed by atoms with Crippen LogP contribution in [0.3, 0.4) is 0 Å². The first-order chi connectivity index (χ1) is 14.5. The topological polar surface area (TPSA) is 71.0 Å². The molecule has 1 saturated heterocycles. The molecule has 0 saturated carbocycles. The van der Waals surface area contributed by atoms with Crippen LogP contribution in [0, 0.1) is 6.92 Å². The molecule has 1 aliphatic rings. The predicted molar refractivity (Wildman–Crippen MR) is 121 cm³/mol. The average Bonchev–Trinajstić information content (AvgIpc) is 2.74. The number of nitrogens with one attached hydrogen (secondary N) is 2. The van der Waals surface area contributed by atoms with Gasteiger partial charge in [-0.1, -0.05) is 18.2 Å². The summed E-state index contributed by atoms with van der Waals surface area (Å²) in [6, 6.07) is 12.3. The molecule has 2 heterocycles. The van der Waals surface area contributed by atoms with E-state index < -0.39 is 0 Å². The second kappa shape index (κ2) is 10.8. The van der Waals surface area contributed by atoms with Crippen LogP contribution in [0.1, 0.15) is 25.0 Å². The Morgan fingerprint density at radius 3 is 2.90 bits per heavy atom. The van der Waals surface area contributed by atoms with Gasteiger partial charge in [0.05, 0.1) is 19.3 Å². The van der Waals surface area contributed by atoms with Crippen molar-refractivity contribution in [3.8, 4) is 5.75 Å². The Morgan fingerprint density at radius 2 is 2.20 bits per heavy atom. The molecule has 162 valence electrons. The minimum Gasteiger partial charge on any atom is -0.489 e. The highest BCUT2D eigenvalue weighted by molar-refractivity contribution is 5.79. The molecule has 30 heavy (non-hydrogen) atoms. The SMILES string of the molecule is CN=C(NCc1ccc(N2CCOC(C)C2)nc1)NCC(C)Oc1cccc(C)c1. The second-order valence-electron chi connectivity index (χ2n) is 7.70. The highest BCUT2D eigenvalue weighted by Crippen LogP contribution is 2.16. The number of rotatable bonds is 7. The van der Waals surface area contributed by atoms with Gasteiger partial charge in [-0.2, -0.15) is 0 Å². The van der Waals surface area contributed by atoms with Crippen molar-refractivity contribution in [2.75, 3.05) is 38.2 Å². The van der Waals surface area contributed by atoms with Crippen molar-refractivity contribution in [2.45, 2.75) is 39.5 Å². The summed E-state index contributed by atoms with van der Waals surface area (Å²) in [4.78, 5) is 11.2. The first-order valence-electron chi connectivity index (χ1n) is 10.5. The largest absolute Gasteiger partial charge is 0.489 e. The summed E-state index contributed by atoms with van der Waals surface area (Å²) >= 11 is 0. The van der Waals surface area contributed by atoms with E-state index in [1.165, 1.54) is 5.56 Å². The van der Waals surface area contributed by atoms with E-state index in [2.05, 4.69) is 57.6 Å². The molecule has 2 N–H and O–H groups in total. The summed E-state index contributed by atoms with van der Waals surface area (Å²) in [6.45, 7) is 10.0. The molecular formula is C23H33N5O2. The smallest absolute Gasteiger partial charge is 0.191 e. The van der Waals surface area contributed by atoms with Gasteiger partial charge in [0.25, 0.3) is 0 Å². The Kier molecular flexibility index (Phi) is 7.90. The van der Waals surface area contributed by atoms with E-state index in [0.29, 0.717) is 13.1 Å². The van der Waals surface area contributed by atoms with Crippen molar-refractivity contribution in [1.29, 1.82) is 0 Å². The molecule has 3 rings (SSSR count). The molecule has 0 amide bonds. The summed E-state index contributed by atoms with van der Waals surface area (Å²) in [5, 5.41) is 6.64. The van der Waals surface area contributed by atoms with Crippen molar-refractivity contribution in [1.82, 2.24) is 15.6 Å². The Morgan fingerprint density at radius 1 is 1.33 bits per heavy atom. The number of hydrogen-bond donors (Lipinski definition) is 2. The molecule has 1 aliphatic heterocycles. The lowest BCUT2D eigenvalue weighted by Gasteiger charge is -2.32. The summed E-state index contributed by atoms with van der Waals surface area (Å²) < 4.78 is 11.6. The second-order valence-corrected chi connectivity index (χ2v) is 7.70. The van der Waals surface area contributed by atoms with Gasteiger partial charge in [0.1, 0.15) is 17.7 Å². The van der Waals surface area contributed by atoms with Gasteiger partial charge in [-0.3, -0.25) is 4.99 Å². The van der Waals surface area contributed by atoms with Crippen LogP contribution in [-0.4, -0.2) is 56.4 Å².